The molecular weight excluding hydrogens is 243 g/mol. The minimum Gasteiger partial charge on any atom is -0.364 e. The fourth-order valence-electron chi connectivity index (χ4n) is 0.567. The molecule has 0 bridgehead atoms. The molecule has 1 heterocycles. The van der Waals surface area contributed by atoms with Gasteiger partial charge in [-0.15, -0.1) is 0 Å². The number of pyridine rings is 1. The van der Waals surface area contributed by atoms with E-state index in [1.165, 1.54) is 0 Å². The minimum absolute atomic E-state index is 0.336. The molecule has 0 aromatic carbocycles. The van der Waals surface area contributed by atoms with E-state index >= 15 is 0 Å². The Morgan fingerprint density at radius 2 is 2.40 bits per heavy atom. The predicted octanol–water partition coefficient (Wildman–Crippen LogP) is 0.785. The van der Waals surface area contributed by atoms with Crippen molar-refractivity contribution in [2.75, 3.05) is 0 Å². The maximum Gasteiger partial charge on any atom is 0.268 e. The molecule has 1 amide bonds. The van der Waals surface area contributed by atoms with Crippen LogP contribution in [0.4, 0.5) is 0 Å². The van der Waals surface area contributed by atoms with Crippen molar-refractivity contribution in [1.82, 2.24) is 4.98 Å². The van der Waals surface area contributed by atoms with Crippen LogP contribution in [0, 0.1) is 3.57 Å². The molecule has 4 heteroatoms. The Hall–Kier alpha value is -0.650. The number of nitrogens with zero attached hydrogens (tertiary/aromatic N) is 1. The molecule has 0 aliphatic rings. The highest BCUT2D eigenvalue weighted by molar-refractivity contribution is 14.1. The Kier molecular flexibility index (Phi) is 2.21. The maximum atomic E-state index is 10.6. The number of hydrogen-bond acceptors (Lipinski definition) is 2. The fraction of sp³-hybridized carbons (Fsp3) is 0. The van der Waals surface area contributed by atoms with Gasteiger partial charge in [0.15, 0.2) is 0 Å². The number of hydrogen-bond donors (Lipinski definition) is 1. The quantitative estimate of drug-likeness (QED) is 0.747. The average Bonchev–Trinajstić information content (AvgIpc) is 1.88. The van der Waals surface area contributed by atoms with E-state index in [1.807, 2.05) is 22.6 Å². The van der Waals surface area contributed by atoms with E-state index in [-0.39, 0.29) is 0 Å². The van der Waals surface area contributed by atoms with Crippen LogP contribution >= 0.6 is 22.6 Å². The topological polar surface area (TPSA) is 56.0 Å². The summed E-state index contributed by atoms with van der Waals surface area (Å²) in [4.78, 5) is 14.4. The molecule has 0 unspecified atom stereocenters. The molecule has 0 aliphatic heterocycles. The number of rotatable bonds is 1. The van der Waals surface area contributed by atoms with Gasteiger partial charge in [0.25, 0.3) is 5.91 Å². The normalized spacial score (nSPS) is 9.30. The van der Waals surface area contributed by atoms with Crippen LogP contribution in [-0.2, 0) is 0 Å². The van der Waals surface area contributed by atoms with Gasteiger partial charge in [-0.3, -0.25) is 4.79 Å². The lowest BCUT2D eigenvalue weighted by Crippen LogP contribution is -2.14. The van der Waals surface area contributed by atoms with Gasteiger partial charge in [0.2, 0.25) is 0 Å². The highest BCUT2D eigenvalue weighted by Crippen LogP contribution is 2.06. The van der Waals surface area contributed by atoms with E-state index in [0.717, 1.165) is 3.57 Å². The van der Waals surface area contributed by atoms with Crippen LogP contribution in [0.2, 0.25) is 0 Å². The number of aromatic nitrogens is 1. The summed E-state index contributed by atoms with van der Waals surface area (Å²) in [5.41, 5.74) is 5.34. The van der Waals surface area contributed by atoms with Crippen LogP contribution in [0.1, 0.15) is 10.5 Å². The number of nitrogens with two attached hydrogens (primary N) is 1. The average molecular weight is 248 g/mol. The highest BCUT2D eigenvalue weighted by atomic mass is 127. The molecular formula is C6H5IN2O. The standard InChI is InChI=1S/C6H5IN2O/c7-4-2-1-3-9-5(4)6(8)10/h1-3H,(H2,8,10). The number of amides is 1. The first kappa shape index (κ1) is 7.46. The van der Waals surface area contributed by atoms with Crippen LogP contribution in [0.5, 0.6) is 0 Å². The molecule has 52 valence electrons. The second kappa shape index (κ2) is 2.96. The molecule has 0 atom stereocenters. The van der Waals surface area contributed by atoms with Crippen LogP contribution in [0.3, 0.4) is 0 Å². The first-order valence-corrected chi connectivity index (χ1v) is 3.70. The van der Waals surface area contributed by atoms with E-state index in [4.69, 9.17) is 5.73 Å². The molecule has 1 aromatic heterocycles. The van der Waals surface area contributed by atoms with E-state index in [1.54, 1.807) is 18.3 Å². The molecule has 3 nitrogen and oxygen atoms in total. The number of halogens is 1. The van der Waals surface area contributed by atoms with E-state index in [2.05, 4.69) is 4.98 Å². The maximum absolute atomic E-state index is 10.6. The summed E-state index contributed by atoms with van der Waals surface area (Å²) in [7, 11) is 0. The molecule has 10 heavy (non-hydrogen) atoms. The Morgan fingerprint density at radius 3 is 2.80 bits per heavy atom. The summed E-state index contributed by atoms with van der Waals surface area (Å²) >= 11 is 2.01. The molecule has 0 spiro atoms. The number of carbonyl (C=O) groups is 1. The highest BCUT2D eigenvalue weighted by Gasteiger charge is 2.04. The van der Waals surface area contributed by atoms with Crippen molar-refractivity contribution in [1.29, 1.82) is 0 Å². The molecule has 1 aromatic rings. The van der Waals surface area contributed by atoms with E-state index in [0.29, 0.717) is 5.69 Å². The second-order valence-electron chi connectivity index (χ2n) is 1.70. The van der Waals surface area contributed by atoms with Gasteiger partial charge in [0.05, 0.1) is 0 Å². The van der Waals surface area contributed by atoms with Gasteiger partial charge in [-0.25, -0.2) is 4.98 Å². The van der Waals surface area contributed by atoms with Crippen molar-refractivity contribution in [2.24, 2.45) is 5.73 Å². The first-order valence-electron chi connectivity index (χ1n) is 2.62. The van der Waals surface area contributed by atoms with Gasteiger partial charge in [-0.2, -0.15) is 0 Å². The summed E-state index contributed by atoms with van der Waals surface area (Å²) < 4.78 is 0.785. The summed E-state index contributed by atoms with van der Waals surface area (Å²) in [6.45, 7) is 0. The van der Waals surface area contributed by atoms with Gasteiger partial charge in [-0.1, -0.05) is 0 Å². The Bertz CT molecular complexity index is 262. The van der Waals surface area contributed by atoms with Crippen LogP contribution in [-0.4, -0.2) is 10.9 Å². The monoisotopic (exact) mass is 248 g/mol. The van der Waals surface area contributed by atoms with Gasteiger partial charge in [-0.05, 0) is 34.7 Å². The molecule has 0 aliphatic carbocycles. The zero-order valence-corrected chi connectivity index (χ0v) is 7.20. The molecule has 0 saturated heterocycles. The van der Waals surface area contributed by atoms with Gasteiger partial charge in [0.1, 0.15) is 5.69 Å². The third kappa shape index (κ3) is 1.44. The van der Waals surface area contributed by atoms with Crippen LogP contribution < -0.4 is 5.73 Å². The molecule has 2 N–H and O–H groups in total. The fourth-order valence-corrected chi connectivity index (χ4v) is 1.18. The van der Waals surface area contributed by atoms with Crippen molar-refractivity contribution < 1.29 is 4.79 Å². The largest absolute Gasteiger partial charge is 0.364 e. The third-order valence-corrected chi connectivity index (χ3v) is 1.86. The van der Waals surface area contributed by atoms with Gasteiger partial charge < -0.3 is 5.73 Å². The van der Waals surface area contributed by atoms with E-state index < -0.39 is 5.91 Å². The zero-order valence-electron chi connectivity index (χ0n) is 5.04. The summed E-state index contributed by atoms with van der Waals surface area (Å²) in [5, 5.41) is 0. The number of primary amides is 1. The van der Waals surface area contributed by atoms with Crippen LogP contribution in [0.25, 0.3) is 0 Å². The summed E-state index contributed by atoms with van der Waals surface area (Å²) in [5.74, 6) is -0.481. The van der Waals surface area contributed by atoms with Crippen molar-refractivity contribution >= 4 is 28.5 Å². The second-order valence-corrected chi connectivity index (χ2v) is 2.86. The Balaban J connectivity index is 3.15. The molecule has 0 fully saturated rings. The van der Waals surface area contributed by atoms with Crippen molar-refractivity contribution in [2.45, 2.75) is 0 Å². The Labute approximate surface area is 71.8 Å². The lowest BCUT2D eigenvalue weighted by Gasteiger charge is -1.94. The van der Waals surface area contributed by atoms with Gasteiger partial charge in [0, 0.05) is 9.77 Å². The van der Waals surface area contributed by atoms with Crippen molar-refractivity contribution in [3.63, 3.8) is 0 Å². The summed E-state index contributed by atoms with van der Waals surface area (Å²) in [6.07, 6.45) is 1.54. The molecule has 0 saturated carbocycles. The lowest BCUT2D eigenvalue weighted by molar-refractivity contribution is 0.0994. The minimum atomic E-state index is -0.481. The van der Waals surface area contributed by atoms with Crippen LogP contribution in [0.15, 0.2) is 18.3 Å². The number of carbonyl (C=O) groups excluding carboxylic acids is 1. The summed E-state index contributed by atoms with van der Waals surface area (Å²) in [6, 6.07) is 3.54. The predicted molar refractivity (Wildman–Crippen MR) is 45.5 cm³/mol. The molecule has 1 rings (SSSR count). The van der Waals surface area contributed by atoms with E-state index in [9.17, 15) is 4.79 Å². The van der Waals surface area contributed by atoms with Crippen molar-refractivity contribution in [3.05, 3.63) is 27.6 Å². The third-order valence-electron chi connectivity index (χ3n) is 0.992. The lowest BCUT2D eigenvalue weighted by atomic mass is 10.3. The SMILES string of the molecule is NC(=O)c1ncccc1I. The first-order chi connectivity index (χ1) is 4.72. The van der Waals surface area contributed by atoms with Crippen molar-refractivity contribution in [3.8, 4) is 0 Å². The smallest absolute Gasteiger partial charge is 0.268 e. The van der Waals surface area contributed by atoms with Gasteiger partial charge >= 0.3 is 0 Å². The molecule has 0 radical (unpaired) electrons. The zero-order chi connectivity index (χ0) is 7.56. The Morgan fingerprint density at radius 1 is 1.70 bits per heavy atom.